The van der Waals surface area contributed by atoms with Crippen LogP contribution in [0.15, 0.2) is 84.9 Å². The Kier molecular flexibility index (Phi) is 10.1. The van der Waals surface area contributed by atoms with Gasteiger partial charge in [0.25, 0.3) is 0 Å². The molecule has 0 radical (unpaired) electrons. The number of amides is 1. The Labute approximate surface area is 243 Å². The molecule has 41 heavy (non-hydrogen) atoms. The summed E-state index contributed by atoms with van der Waals surface area (Å²) in [6.07, 6.45) is 3.22. The van der Waals surface area contributed by atoms with Crippen LogP contribution in [0.1, 0.15) is 48.9 Å². The summed E-state index contributed by atoms with van der Waals surface area (Å²) in [7, 11) is 1.75. The first-order chi connectivity index (χ1) is 20.2. The van der Waals surface area contributed by atoms with Crippen LogP contribution < -0.4 is 5.32 Å². The number of para-hydroxylation sites is 1. The molecule has 1 saturated heterocycles. The van der Waals surface area contributed by atoms with E-state index < -0.39 is 0 Å². The van der Waals surface area contributed by atoms with Gasteiger partial charge in [-0.25, -0.2) is 4.98 Å². The second-order valence-electron chi connectivity index (χ2n) is 10.8. The molecule has 6 heteroatoms. The van der Waals surface area contributed by atoms with Gasteiger partial charge in [-0.15, -0.1) is 0 Å². The minimum absolute atomic E-state index is 0.00349. The zero-order valence-electron chi connectivity index (χ0n) is 24.2. The molecule has 0 aliphatic carbocycles. The number of carbonyl (C=O) groups excluding carboxylic acids is 1. The van der Waals surface area contributed by atoms with E-state index in [4.69, 9.17) is 14.5 Å². The highest BCUT2D eigenvalue weighted by molar-refractivity contribution is 5.92. The number of carbonyl (C=O) groups is 1. The summed E-state index contributed by atoms with van der Waals surface area (Å²) in [6.45, 7) is 6.24. The van der Waals surface area contributed by atoms with E-state index >= 15 is 0 Å². The number of methoxy groups -OCH3 is 1. The summed E-state index contributed by atoms with van der Waals surface area (Å²) < 4.78 is 11.9. The first-order valence-electron chi connectivity index (χ1n) is 14.8. The van der Waals surface area contributed by atoms with Gasteiger partial charge in [-0.3, -0.25) is 4.79 Å². The Hall–Kier alpha value is -3.58. The van der Waals surface area contributed by atoms with Gasteiger partial charge in [-0.05, 0) is 36.5 Å². The third-order valence-electron chi connectivity index (χ3n) is 8.05. The number of aromatic nitrogens is 1. The predicted octanol–water partition coefficient (Wildman–Crippen LogP) is 6.34. The summed E-state index contributed by atoms with van der Waals surface area (Å²) in [6, 6.07) is 28.5. The molecule has 214 valence electrons. The lowest BCUT2D eigenvalue weighted by atomic mass is 9.94. The number of fused-ring (bicyclic) bond motifs is 1. The van der Waals surface area contributed by atoms with Gasteiger partial charge >= 0.3 is 0 Å². The van der Waals surface area contributed by atoms with Crippen LogP contribution >= 0.6 is 0 Å². The number of hydrogen-bond donors (Lipinski definition) is 1. The molecule has 1 amide bonds. The summed E-state index contributed by atoms with van der Waals surface area (Å²) in [5.41, 5.74) is 5.92. The average molecular weight is 552 g/mol. The molecule has 1 aliphatic heterocycles. The molecule has 1 N–H and O–H groups in total. The summed E-state index contributed by atoms with van der Waals surface area (Å²) >= 11 is 0. The molecular formula is C35H41N3O3. The third kappa shape index (κ3) is 7.39. The van der Waals surface area contributed by atoms with E-state index in [1.807, 2.05) is 54.6 Å². The van der Waals surface area contributed by atoms with Crippen LogP contribution in [-0.2, 0) is 27.3 Å². The van der Waals surface area contributed by atoms with Crippen LogP contribution in [0.3, 0.4) is 0 Å². The van der Waals surface area contributed by atoms with Gasteiger partial charge in [-0.2, -0.15) is 0 Å². The van der Waals surface area contributed by atoms with E-state index in [-0.39, 0.29) is 24.5 Å². The van der Waals surface area contributed by atoms with E-state index in [0.29, 0.717) is 6.61 Å². The fourth-order valence-corrected chi connectivity index (χ4v) is 5.75. The Morgan fingerprint density at radius 2 is 1.63 bits per heavy atom. The fourth-order valence-electron chi connectivity index (χ4n) is 5.75. The molecule has 1 aliphatic rings. The van der Waals surface area contributed by atoms with Gasteiger partial charge in [0, 0.05) is 43.3 Å². The van der Waals surface area contributed by atoms with Crippen LogP contribution in [0.2, 0.25) is 0 Å². The smallest absolute Gasteiger partial charge is 0.224 e. The first-order valence-corrected chi connectivity index (χ1v) is 14.8. The molecule has 1 fully saturated rings. The van der Waals surface area contributed by atoms with Crippen LogP contribution in [0.4, 0.5) is 0 Å². The molecule has 5 rings (SSSR count). The highest BCUT2D eigenvalue weighted by Crippen LogP contribution is 2.32. The molecule has 1 aromatic heterocycles. The molecule has 0 bridgehead atoms. The SMILES string of the molecule is CC[C@H](NC(=O)Cc1c(COC2CCN(CCOC)CC2)c(-c2ccccc2)nc2ccccc12)c1ccccc1. The standard InChI is InChI=1S/C35H41N3O3/c1-3-32(26-12-6-4-7-13-26)36-34(39)24-30-29-16-10-11-17-33(29)37-35(27-14-8-5-9-15-27)31(30)25-41-28-18-20-38(21-19-28)22-23-40-2/h4-17,28,32H,3,18-25H2,1-2H3,(H,36,39)/t32-/m0/s1. The van der Waals surface area contributed by atoms with Gasteiger partial charge in [0.15, 0.2) is 0 Å². The molecule has 0 unspecified atom stereocenters. The van der Waals surface area contributed by atoms with Crippen molar-refractivity contribution >= 4 is 16.8 Å². The topological polar surface area (TPSA) is 63.7 Å². The number of benzene rings is 3. The Balaban J connectivity index is 1.44. The highest BCUT2D eigenvalue weighted by atomic mass is 16.5. The lowest BCUT2D eigenvalue weighted by molar-refractivity contribution is -0.121. The number of ether oxygens (including phenoxy) is 2. The van der Waals surface area contributed by atoms with E-state index in [1.54, 1.807) is 7.11 Å². The number of piperidine rings is 1. The Morgan fingerprint density at radius 3 is 2.34 bits per heavy atom. The lowest BCUT2D eigenvalue weighted by Crippen LogP contribution is -2.38. The molecule has 1 atom stereocenters. The minimum atomic E-state index is -0.0339. The van der Waals surface area contributed by atoms with Crippen LogP contribution in [0.25, 0.3) is 22.2 Å². The van der Waals surface area contributed by atoms with Crippen molar-refractivity contribution in [2.45, 2.75) is 51.4 Å². The van der Waals surface area contributed by atoms with Gasteiger partial charge in [0.05, 0.1) is 43.0 Å². The van der Waals surface area contributed by atoms with Crippen LogP contribution in [0, 0.1) is 0 Å². The van der Waals surface area contributed by atoms with Gasteiger partial charge < -0.3 is 19.7 Å². The van der Waals surface area contributed by atoms with Crippen molar-refractivity contribution in [3.8, 4) is 11.3 Å². The number of nitrogens with one attached hydrogen (secondary N) is 1. The van der Waals surface area contributed by atoms with Gasteiger partial charge in [0.2, 0.25) is 5.91 Å². The normalized spacial score (nSPS) is 15.2. The summed E-state index contributed by atoms with van der Waals surface area (Å²) in [5.74, 6) is 0.00349. The summed E-state index contributed by atoms with van der Waals surface area (Å²) in [5, 5.41) is 4.30. The fraction of sp³-hybridized carbons (Fsp3) is 0.371. The molecular weight excluding hydrogens is 510 g/mol. The van der Waals surface area contributed by atoms with Crippen LogP contribution in [-0.4, -0.2) is 55.2 Å². The monoisotopic (exact) mass is 551 g/mol. The number of rotatable bonds is 12. The van der Waals surface area contributed by atoms with Crippen LogP contribution in [0.5, 0.6) is 0 Å². The maximum atomic E-state index is 13.6. The molecule has 3 aromatic carbocycles. The van der Waals surface area contributed by atoms with Crippen molar-refractivity contribution < 1.29 is 14.3 Å². The lowest BCUT2D eigenvalue weighted by Gasteiger charge is -2.32. The first kappa shape index (κ1) is 28.9. The van der Waals surface area contributed by atoms with Crippen molar-refractivity contribution in [3.05, 3.63) is 102 Å². The van der Waals surface area contributed by atoms with Crippen molar-refractivity contribution in [2.75, 3.05) is 33.4 Å². The maximum Gasteiger partial charge on any atom is 0.224 e. The van der Waals surface area contributed by atoms with E-state index in [0.717, 1.165) is 84.4 Å². The predicted molar refractivity (Wildman–Crippen MR) is 165 cm³/mol. The van der Waals surface area contributed by atoms with Crippen molar-refractivity contribution in [3.63, 3.8) is 0 Å². The maximum absolute atomic E-state index is 13.6. The van der Waals surface area contributed by atoms with Crippen molar-refractivity contribution in [1.82, 2.24) is 15.2 Å². The third-order valence-corrected chi connectivity index (χ3v) is 8.05. The Morgan fingerprint density at radius 1 is 0.951 bits per heavy atom. The summed E-state index contributed by atoms with van der Waals surface area (Å²) in [4.78, 5) is 21.2. The zero-order valence-corrected chi connectivity index (χ0v) is 24.2. The second kappa shape index (κ2) is 14.4. The Bertz CT molecular complexity index is 1400. The molecule has 6 nitrogen and oxygen atoms in total. The number of likely N-dealkylation sites (tertiary alicyclic amines) is 1. The molecule has 2 heterocycles. The average Bonchev–Trinajstić information content (AvgIpc) is 3.03. The number of nitrogens with zero attached hydrogens (tertiary/aromatic N) is 2. The van der Waals surface area contributed by atoms with E-state index in [2.05, 4.69) is 47.5 Å². The molecule has 0 saturated carbocycles. The largest absolute Gasteiger partial charge is 0.383 e. The number of pyridine rings is 1. The number of hydrogen-bond acceptors (Lipinski definition) is 5. The molecule has 4 aromatic rings. The minimum Gasteiger partial charge on any atom is -0.383 e. The zero-order chi connectivity index (χ0) is 28.4. The second-order valence-corrected chi connectivity index (χ2v) is 10.8. The van der Waals surface area contributed by atoms with E-state index in [9.17, 15) is 4.79 Å². The molecule has 0 spiro atoms. The van der Waals surface area contributed by atoms with Gasteiger partial charge in [0.1, 0.15) is 0 Å². The van der Waals surface area contributed by atoms with Crippen molar-refractivity contribution in [2.24, 2.45) is 0 Å². The quantitative estimate of drug-likeness (QED) is 0.223. The van der Waals surface area contributed by atoms with Crippen molar-refractivity contribution in [1.29, 1.82) is 0 Å². The highest BCUT2D eigenvalue weighted by Gasteiger charge is 2.24. The van der Waals surface area contributed by atoms with E-state index in [1.165, 1.54) is 0 Å². The van der Waals surface area contributed by atoms with Gasteiger partial charge in [-0.1, -0.05) is 85.8 Å².